The van der Waals surface area contributed by atoms with E-state index in [0.29, 0.717) is 5.92 Å². The fraction of sp³-hybridized carbons (Fsp3) is 0.423. The molecule has 0 spiro atoms. The lowest BCUT2D eigenvalue weighted by molar-refractivity contribution is -0.0678. The molecule has 8 rings (SSSR count). The van der Waals surface area contributed by atoms with Crippen LogP contribution in [0.2, 0.25) is 0 Å². The van der Waals surface area contributed by atoms with Gasteiger partial charge in [-0.2, -0.15) is 0 Å². The molecule has 4 aromatic rings. The van der Waals surface area contributed by atoms with Crippen molar-refractivity contribution < 1.29 is 5.11 Å². The molecule has 3 heterocycles. The summed E-state index contributed by atoms with van der Waals surface area (Å²) in [5.74, 6) is 2.44. The lowest BCUT2D eigenvalue weighted by atomic mass is 9.58. The van der Waals surface area contributed by atoms with E-state index in [-0.39, 0.29) is 5.41 Å². The highest BCUT2D eigenvalue weighted by Gasteiger charge is 2.50. The Morgan fingerprint density at radius 3 is 2.33 bits per heavy atom. The van der Waals surface area contributed by atoms with Crippen LogP contribution in [0.3, 0.4) is 0 Å². The summed E-state index contributed by atoms with van der Waals surface area (Å²) in [7, 11) is 0. The molecule has 0 unspecified atom stereocenters. The Kier molecular flexibility index (Phi) is 4.04. The molecule has 0 radical (unpaired) electrons. The van der Waals surface area contributed by atoms with Crippen molar-refractivity contribution >= 4 is 11.0 Å². The number of imidazole rings is 1. The van der Waals surface area contributed by atoms with Crippen molar-refractivity contribution in [1.82, 2.24) is 29.9 Å². The molecule has 4 fully saturated rings. The number of aromatic nitrogens is 6. The van der Waals surface area contributed by atoms with Crippen molar-refractivity contribution in [1.29, 1.82) is 0 Å². The third-order valence-electron chi connectivity index (χ3n) is 8.03. The Labute approximate surface area is 191 Å². The quantitative estimate of drug-likeness (QED) is 0.479. The number of rotatable bonds is 4. The standard InChI is InChI=1S/C26H26N6O/c33-26-9-6-25(7-10-26,8-11-26)24-31-21(17-3-4-18-20(15-17)28-14-13-27-18)22(32-24)19-5-12-29-23(30-19)16-1-2-16/h3-5,12-16,33H,1-2,6-11H2,(H,31,32). The van der Waals surface area contributed by atoms with E-state index in [4.69, 9.17) is 9.97 Å². The van der Waals surface area contributed by atoms with Gasteiger partial charge in [0, 0.05) is 35.5 Å². The van der Waals surface area contributed by atoms with E-state index < -0.39 is 5.60 Å². The van der Waals surface area contributed by atoms with Crippen LogP contribution in [0.1, 0.15) is 68.9 Å². The van der Waals surface area contributed by atoms with Gasteiger partial charge in [-0.05, 0) is 69.6 Å². The van der Waals surface area contributed by atoms with E-state index in [9.17, 15) is 5.11 Å². The van der Waals surface area contributed by atoms with Gasteiger partial charge in [0.25, 0.3) is 0 Å². The second kappa shape index (κ2) is 6.90. The number of nitrogens with zero attached hydrogens (tertiary/aromatic N) is 5. The molecule has 0 saturated heterocycles. The molecule has 166 valence electrons. The summed E-state index contributed by atoms with van der Waals surface area (Å²) in [4.78, 5) is 27.3. The number of nitrogens with one attached hydrogen (secondary N) is 1. The third kappa shape index (κ3) is 3.17. The summed E-state index contributed by atoms with van der Waals surface area (Å²) in [5, 5.41) is 10.7. The average molecular weight is 439 g/mol. The molecule has 7 nitrogen and oxygen atoms in total. The molecular weight excluding hydrogens is 412 g/mol. The van der Waals surface area contributed by atoms with Gasteiger partial charge in [0.2, 0.25) is 0 Å². The second-order valence-electron chi connectivity index (χ2n) is 10.1. The maximum absolute atomic E-state index is 10.7. The van der Waals surface area contributed by atoms with Gasteiger partial charge in [-0.25, -0.2) is 15.0 Å². The Morgan fingerprint density at radius 1 is 0.818 bits per heavy atom. The Morgan fingerprint density at radius 2 is 1.58 bits per heavy atom. The van der Waals surface area contributed by atoms with Crippen molar-refractivity contribution in [2.75, 3.05) is 0 Å². The molecule has 4 aliphatic carbocycles. The first-order valence-electron chi connectivity index (χ1n) is 12.0. The van der Waals surface area contributed by atoms with E-state index in [2.05, 4.69) is 32.1 Å². The van der Waals surface area contributed by atoms with Gasteiger partial charge in [-0.3, -0.25) is 9.97 Å². The van der Waals surface area contributed by atoms with E-state index in [1.54, 1.807) is 12.4 Å². The summed E-state index contributed by atoms with van der Waals surface area (Å²) >= 11 is 0. The molecule has 0 amide bonds. The van der Waals surface area contributed by atoms with Crippen LogP contribution in [0.25, 0.3) is 33.7 Å². The van der Waals surface area contributed by atoms with E-state index >= 15 is 0 Å². The highest BCUT2D eigenvalue weighted by molar-refractivity contribution is 5.84. The molecule has 2 N–H and O–H groups in total. The van der Waals surface area contributed by atoms with Gasteiger partial charge in [-0.15, -0.1) is 0 Å². The molecule has 4 saturated carbocycles. The summed E-state index contributed by atoms with van der Waals surface area (Å²) in [5.41, 5.74) is 4.99. The minimum absolute atomic E-state index is 0.000483. The van der Waals surface area contributed by atoms with Crippen molar-refractivity contribution in [3.63, 3.8) is 0 Å². The molecule has 7 heteroatoms. The Bertz CT molecular complexity index is 1350. The molecule has 1 aromatic carbocycles. The summed E-state index contributed by atoms with van der Waals surface area (Å²) < 4.78 is 0. The first-order chi connectivity index (χ1) is 16.1. The monoisotopic (exact) mass is 438 g/mol. The molecule has 2 bridgehead atoms. The number of fused-ring (bicyclic) bond motifs is 4. The number of aromatic amines is 1. The number of aliphatic hydroxyl groups is 1. The van der Waals surface area contributed by atoms with E-state index in [0.717, 1.165) is 83.9 Å². The normalized spacial score (nSPS) is 26.7. The molecule has 3 aromatic heterocycles. The highest BCUT2D eigenvalue weighted by atomic mass is 16.3. The van der Waals surface area contributed by atoms with Crippen LogP contribution < -0.4 is 0 Å². The van der Waals surface area contributed by atoms with Crippen LogP contribution in [0.4, 0.5) is 0 Å². The largest absolute Gasteiger partial charge is 0.390 e. The Balaban J connectivity index is 1.39. The van der Waals surface area contributed by atoms with Crippen LogP contribution >= 0.6 is 0 Å². The van der Waals surface area contributed by atoms with Gasteiger partial charge in [0.15, 0.2) is 0 Å². The molecule has 33 heavy (non-hydrogen) atoms. The number of benzene rings is 1. The van der Waals surface area contributed by atoms with Crippen molar-refractivity contribution in [3.05, 3.63) is 54.5 Å². The minimum atomic E-state index is -0.469. The summed E-state index contributed by atoms with van der Waals surface area (Å²) in [6.45, 7) is 0. The van der Waals surface area contributed by atoms with Crippen LogP contribution in [-0.2, 0) is 5.41 Å². The maximum Gasteiger partial charge on any atom is 0.132 e. The summed E-state index contributed by atoms with van der Waals surface area (Å²) in [6.07, 6.45) is 13.1. The lowest BCUT2D eigenvalue weighted by Gasteiger charge is -2.50. The van der Waals surface area contributed by atoms with E-state index in [1.165, 1.54) is 12.8 Å². The zero-order chi connectivity index (χ0) is 22.0. The number of H-pyrrole nitrogens is 1. The van der Waals surface area contributed by atoms with Gasteiger partial charge in [0.1, 0.15) is 11.6 Å². The first kappa shape index (κ1) is 19.3. The van der Waals surface area contributed by atoms with Crippen LogP contribution in [0.5, 0.6) is 0 Å². The van der Waals surface area contributed by atoms with Crippen LogP contribution in [0.15, 0.2) is 42.9 Å². The second-order valence-corrected chi connectivity index (χ2v) is 10.1. The third-order valence-corrected chi connectivity index (χ3v) is 8.03. The minimum Gasteiger partial charge on any atom is -0.390 e. The first-order valence-corrected chi connectivity index (χ1v) is 12.0. The van der Waals surface area contributed by atoms with Crippen molar-refractivity contribution in [2.45, 2.75) is 68.3 Å². The number of hydrogen-bond donors (Lipinski definition) is 2. The molecule has 0 aliphatic heterocycles. The zero-order valence-corrected chi connectivity index (χ0v) is 18.5. The Hall–Kier alpha value is -3.19. The fourth-order valence-corrected chi connectivity index (χ4v) is 5.70. The van der Waals surface area contributed by atoms with Gasteiger partial charge in [-0.1, -0.05) is 6.07 Å². The molecular formula is C26H26N6O. The highest BCUT2D eigenvalue weighted by Crippen LogP contribution is 2.53. The fourth-order valence-electron chi connectivity index (χ4n) is 5.70. The smallest absolute Gasteiger partial charge is 0.132 e. The predicted molar refractivity (Wildman–Crippen MR) is 124 cm³/mol. The maximum atomic E-state index is 10.7. The van der Waals surface area contributed by atoms with Gasteiger partial charge >= 0.3 is 0 Å². The number of hydrogen-bond acceptors (Lipinski definition) is 6. The lowest BCUT2D eigenvalue weighted by Crippen LogP contribution is -2.48. The van der Waals surface area contributed by atoms with Gasteiger partial charge < -0.3 is 10.1 Å². The molecule has 4 aliphatic rings. The zero-order valence-electron chi connectivity index (χ0n) is 18.5. The molecule has 0 atom stereocenters. The van der Waals surface area contributed by atoms with Gasteiger partial charge in [0.05, 0.1) is 33.7 Å². The topological polar surface area (TPSA) is 100 Å². The van der Waals surface area contributed by atoms with Crippen molar-refractivity contribution in [3.8, 4) is 22.6 Å². The predicted octanol–water partition coefficient (Wildman–Crippen LogP) is 4.69. The van der Waals surface area contributed by atoms with E-state index in [1.807, 2.05) is 18.3 Å². The van der Waals surface area contributed by atoms with Crippen LogP contribution in [0, 0.1) is 0 Å². The summed E-state index contributed by atoms with van der Waals surface area (Å²) in [6, 6.07) is 8.12. The SMILES string of the molecule is OC12CCC(c3nc(-c4ccc5nccnc5c4)c(-c4ccnc(C5CC5)n4)[nH]3)(CC1)CC2. The van der Waals surface area contributed by atoms with Crippen LogP contribution in [-0.4, -0.2) is 40.6 Å². The average Bonchev–Trinajstić information content (AvgIpc) is 3.62. The van der Waals surface area contributed by atoms with Crippen molar-refractivity contribution in [2.24, 2.45) is 0 Å².